The van der Waals surface area contributed by atoms with E-state index in [-0.39, 0.29) is 5.92 Å². The molecule has 9 aromatic rings. The van der Waals surface area contributed by atoms with Gasteiger partial charge in [-0.3, -0.25) is 0 Å². The maximum absolute atomic E-state index is 6.20. The van der Waals surface area contributed by atoms with Crippen molar-refractivity contribution in [3.8, 4) is 33.9 Å². The van der Waals surface area contributed by atoms with Gasteiger partial charge in [0.2, 0.25) is 0 Å². The van der Waals surface area contributed by atoms with Gasteiger partial charge in [-0.2, -0.15) is 0 Å². The maximum Gasteiger partial charge on any atom is 0.163 e. The zero-order valence-corrected chi connectivity index (χ0v) is 29.0. The van der Waals surface area contributed by atoms with Crippen LogP contribution in [-0.4, -0.2) is 15.0 Å². The SMILES string of the molecule is C1=CC2=C(C=CC(c3nc(-c4ccc5cc(-c6cccc7oc8ccccc8c67)ccc5c4)nc(-c4ccc5c(ccc6ccccc65)c4)n3)C2)CC1. The number of para-hydroxylation sites is 1. The van der Waals surface area contributed by atoms with Crippen LogP contribution in [-0.2, 0) is 0 Å². The Morgan fingerprint density at radius 2 is 1.19 bits per heavy atom. The summed E-state index contributed by atoms with van der Waals surface area (Å²) in [5.41, 5.74) is 8.93. The summed E-state index contributed by atoms with van der Waals surface area (Å²) in [7, 11) is 0. The van der Waals surface area contributed by atoms with E-state index in [2.05, 4.69) is 140 Å². The molecule has 0 fully saturated rings. The number of nitrogens with zero attached hydrogens (tertiary/aromatic N) is 3. The summed E-state index contributed by atoms with van der Waals surface area (Å²) in [6.45, 7) is 0. The molecule has 0 bridgehead atoms. The minimum absolute atomic E-state index is 0.0751. The molecule has 250 valence electrons. The highest BCUT2D eigenvalue weighted by Crippen LogP contribution is 2.39. The van der Waals surface area contributed by atoms with E-state index in [9.17, 15) is 0 Å². The topological polar surface area (TPSA) is 51.8 Å². The van der Waals surface area contributed by atoms with E-state index in [1.807, 2.05) is 18.2 Å². The Morgan fingerprint density at radius 1 is 0.509 bits per heavy atom. The molecule has 2 aliphatic rings. The molecule has 2 aliphatic carbocycles. The molecule has 0 amide bonds. The molecule has 4 heteroatoms. The third kappa shape index (κ3) is 5.09. The van der Waals surface area contributed by atoms with Crippen LogP contribution in [0.15, 0.2) is 173 Å². The van der Waals surface area contributed by atoms with Crippen molar-refractivity contribution in [1.29, 1.82) is 0 Å². The molecule has 11 rings (SSSR count). The maximum atomic E-state index is 6.20. The van der Waals surface area contributed by atoms with Crippen LogP contribution in [0, 0.1) is 0 Å². The predicted molar refractivity (Wildman–Crippen MR) is 218 cm³/mol. The third-order valence-corrected chi connectivity index (χ3v) is 11.1. The molecule has 1 unspecified atom stereocenters. The molecule has 0 N–H and O–H groups in total. The monoisotopic (exact) mass is 679 g/mol. The third-order valence-electron chi connectivity index (χ3n) is 11.1. The number of hydrogen-bond donors (Lipinski definition) is 0. The van der Waals surface area contributed by atoms with Crippen molar-refractivity contribution < 1.29 is 4.42 Å². The van der Waals surface area contributed by atoms with Crippen molar-refractivity contribution in [1.82, 2.24) is 15.0 Å². The van der Waals surface area contributed by atoms with Crippen molar-refractivity contribution in [2.24, 2.45) is 0 Å². The molecule has 0 saturated heterocycles. The van der Waals surface area contributed by atoms with Crippen molar-refractivity contribution in [3.63, 3.8) is 0 Å². The number of benzene rings is 7. The number of fused-ring (bicyclic) bond motifs is 7. The Kier molecular flexibility index (Phi) is 6.78. The van der Waals surface area contributed by atoms with Crippen molar-refractivity contribution in [2.45, 2.75) is 25.2 Å². The van der Waals surface area contributed by atoms with E-state index in [1.165, 1.54) is 38.3 Å². The van der Waals surface area contributed by atoms with Gasteiger partial charge in [0, 0.05) is 27.8 Å². The lowest BCUT2D eigenvalue weighted by Crippen LogP contribution is -2.11. The Morgan fingerprint density at radius 3 is 2.08 bits per heavy atom. The molecular formula is C49H33N3O. The first-order chi connectivity index (χ1) is 26.2. The van der Waals surface area contributed by atoms with Gasteiger partial charge in [-0.15, -0.1) is 0 Å². The van der Waals surface area contributed by atoms with Crippen LogP contribution in [0.1, 0.15) is 31.0 Å². The Hall–Kier alpha value is -6.65. The average Bonchev–Trinajstić information content (AvgIpc) is 3.62. The van der Waals surface area contributed by atoms with Crippen LogP contribution >= 0.6 is 0 Å². The smallest absolute Gasteiger partial charge is 0.163 e. The van der Waals surface area contributed by atoms with E-state index in [4.69, 9.17) is 19.4 Å². The summed E-state index contributed by atoms with van der Waals surface area (Å²) < 4.78 is 6.20. The minimum Gasteiger partial charge on any atom is -0.456 e. The fourth-order valence-corrected chi connectivity index (χ4v) is 8.37. The molecule has 0 radical (unpaired) electrons. The van der Waals surface area contributed by atoms with Crippen LogP contribution in [0.5, 0.6) is 0 Å². The first-order valence-corrected chi connectivity index (χ1v) is 18.4. The number of allylic oxidation sites excluding steroid dienone is 6. The van der Waals surface area contributed by atoms with Gasteiger partial charge in [0.15, 0.2) is 11.6 Å². The number of aromatic nitrogens is 3. The summed E-state index contributed by atoms with van der Waals surface area (Å²) in [5.74, 6) is 2.27. The minimum atomic E-state index is 0.0751. The van der Waals surface area contributed by atoms with Gasteiger partial charge in [0.05, 0.1) is 0 Å². The quantitative estimate of drug-likeness (QED) is 0.174. The number of rotatable bonds is 4. The second kappa shape index (κ2) is 12.0. The van der Waals surface area contributed by atoms with E-state index >= 15 is 0 Å². The van der Waals surface area contributed by atoms with Crippen molar-refractivity contribution >= 4 is 54.3 Å². The molecule has 0 saturated carbocycles. The average molecular weight is 680 g/mol. The Balaban J connectivity index is 1.02. The van der Waals surface area contributed by atoms with E-state index < -0.39 is 0 Å². The molecule has 1 atom stereocenters. The van der Waals surface area contributed by atoms with Gasteiger partial charge in [-0.1, -0.05) is 127 Å². The van der Waals surface area contributed by atoms with Gasteiger partial charge >= 0.3 is 0 Å². The van der Waals surface area contributed by atoms with Crippen LogP contribution in [0.4, 0.5) is 0 Å². The Labute approximate surface area is 306 Å². The van der Waals surface area contributed by atoms with Crippen LogP contribution in [0.3, 0.4) is 0 Å². The fraction of sp³-hybridized carbons (Fsp3) is 0.0816. The summed E-state index contributed by atoms with van der Waals surface area (Å²) >= 11 is 0. The second-order valence-corrected chi connectivity index (χ2v) is 14.3. The van der Waals surface area contributed by atoms with Crippen molar-refractivity contribution in [3.05, 3.63) is 175 Å². The van der Waals surface area contributed by atoms with Gasteiger partial charge in [0.1, 0.15) is 17.0 Å². The lowest BCUT2D eigenvalue weighted by Gasteiger charge is -2.22. The van der Waals surface area contributed by atoms with Gasteiger partial charge in [0.25, 0.3) is 0 Å². The highest BCUT2D eigenvalue weighted by atomic mass is 16.3. The lowest BCUT2D eigenvalue weighted by molar-refractivity contribution is 0.669. The predicted octanol–water partition coefficient (Wildman–Crippen LogP) is 12.9. The lowest BCUT2D eigenvalue weighted by atomic mass is 9.84. The summed E-state index contributed by atoms with van der Waals surface area (Å²) in [6.07, 6.45) is 12.3. The summed E-state index contributed by atoms with van der Waals surface area (Å²) in [6, 6.07) is 47.3. The molecule has 2 aromatic heterocycles. The number of furan rings is 1. The van der Waals surface area contributed by atoms with E-state index in [0.29, 0.717) is 11.6 Å². The first kappa shape index (κ1) is 30.0. The van der Waals surface area contributed by atoms with E-state index in [0.717, 1.165) is 74.5 Å². The summed E-state index contributed by atoms with van der Waals surface area (Å²) in [4.78, 5) is 15.5. The highest BCUT2D eigenvalue weighted by Gasteiger charge is 2.23. The van der Waals surface area contributed by atoms with Crippen LogP contribution in [0.2, 0.25) is 0 Å². The molecular weight excluding hydrogens is 647 g/mol. The summed E-state index contributed by atoms with van der Waals surface area (Å²) in [5, 5.41) is 9.46. The molecule has 0 aliphatic heterocycles. The fourth-order valence-electron chi connectivity index (χ4n) is 8.37. The van der Waals surface area contributed by atoms with Crippen LogP contribution < -0.4 is 0 Å². The molecule has 4 nitrogen and oxygen atoms in total. The molecule has 0 spiro atoms. The zero-order valence-electron chi connectivity index (χ0n) is 29.0. The normalized spacial score (nSPS) is 15.7. The standard InChI is InChI=1S/C49H33N3O/c1-2-10-32-27-37(22-16-30(32)8-1)47-50-48(52-49(51-47)39-24-25-41-35(29-39)20-17-31-9-3-4-11-40(31)41)38-23-19-33-26-36(21-18-34(33)28-38)42-13-7-15-45-46(42)43-12-5-6-14-44(43)53-45/h2-7,9-26,28-29,37H,1,8,27H2. The molecule has 7 aromatic carbocycles. The largest absolute Gasteiger partial charge is 0.456 e. The zero-order chi connectivity index (χ0) is 34.9. The second-order valence-electron chi connectivity index (χ2n) is 14.3. The molecule has 53 heavy (non-hydrogen) atoms. The van der Waals surface area contributed by atoms with Crippen molar-refractivity contribution in [2.75, 3.05) is 0 Å². The first-order valence-electron chi connectivity index (χ1n) is 18.4. The van der Waals surface area contributed by atoms with E-state index in [1.54, 1.807) is 0 Å². The number of hydrogen-bond acceptors (Lipinski definition) is 4. The van der Waals surface area contributed by atoms with Gasteiger partial charge in [-0.25, -0.2) is 15.0 Å². The van der Waals surface area contributed by atoms with Crippen LogP contribution in [0.25, 0.3) is 88.2 Å². The Bertz CT molecular complexity index is 3050. The van der Waals surface area contributed by atoms with Gasteiger partial charge in [-0.05, 0) is 104 Å². The van der Waals surface area contributed by atoms with Gasteiger partial charge < -0.3 is 4.42 Å². The highest BCUT2D eigenvalue weighted by molar-refractivity contribution is 6.13. The molecule has 2 heterocycles.